The number of alkyl halides is 1. The summed E-state index contributed by atoms with van der Waals surface area (Å²) in [6.45, 7) is 3.59. The lowest BCUT2D eigenvalue weighted by atomic mass is 10.1. The van der Waals surface area contributed by atoms with E-state index in [-0.39, 0.29) is 11.7 Å². The maximum Gasteiger partial charge on any atom is 0.147 e. The minimum atomic E-state index is 0.144. The Balaban J connectivity index is 3.03. The molecule has 0 aliphatic carbocycles. The van der Waals surface area contributed by atoms with E-state index in [9.17, 15) is 4.79 Å². The van der Waals surface area contributed by atoms with E-state index in [2.05, 4.69) is 6.58 Å². The van der Waals surface area contributed by atoms with Gasteiger partial charge in [0.15, 0.2) is 0 Å². The molecular formula is C8H13ClO. The molecule has 0 unspecified atom stereocenters. The third kappa shape index (κ3) is 5.83. The van der Waals surface area contributed by atoms with Crippen molar-refractivity contribution in [2.75, 3.05) is 5.88 Å². The minimum Gasteiger partial charge on any atom is -0.298 e. The van der Waals surface area contributed by atoms with Crippen LogP contribution in [0.25, 0.3) is 0 Å². The van der Waals surface area contributed by atoms with Crippen LogP contribution in [0.3, 0.4) is 0 Å². The van der Waals surface area contributed by atoms with E-state index in [4.69, 9.17) is 11.6 Å². The van der Waals surface area contributed by atoms with Gasteiger partial charge in [-0.2, -0.15) is 0 Å². The molecule has 1 nitrogen and oxygen atoms in total. The van der Waals surface area contributed by atoms with E-state index in [0.29, 0.717) is 6.42 Å². The largest absolute Gasteiger partial charge is 0.298 e. The topological polar surface area (TPSA) is 17.1 Å². The van der Waals surface area contributed by atoms with Crippen LogP contribution >= 0.6 is 11.6 Å². The summed E-state index contributed by atoms with van der Waals surface area (Å²) >= 11 is 5.30. The fraction of sp³-hybridized carbons (Fsp3) is 0.625. The number of rotatable bonds is 6. The van der Waals surface area contributed by atoms with Crippen molar-refractivity contribution in [3.05, 3.63) is 12.7 Å². The second-order valence-electron chi connectivity index (χ2n) is 2.21. The van der Waals surface area contributed by atoms with Crippen LogP contribution in [0.1, 0.15) is 25.7 Å². The summed E-state index contributed by atoms with van der Waals surface area (Å²) in [6.07, 6.45) is 5.47. The second kappa shape index (κ2) is 6.81. The monoisotopic (exact) mass is 160 g/mol. The third-order valence-corrected chi connectivity index (χ3v) is 1.56. The number of allylic oxidation sites excluding steroid dienone is 1. The van der Waals surface area contributed by atoms with Gasteiger partial charge in [0.05, 0.1) is 5.88 Å². The van der Waals surface area contributed by atoms with Crippen molar-refractivity contribution in [2.24, 2.45) is 0 Å². The van der Waals surface area contributed by atoms with Crippen molar-refractivity contribution in [3.8, 4) is 0 Å². The lowest BCUT2D eigenvalue weighted by Gasteiger charge is -1.93. The van der Waals surface area contributed by atoms with Crippen LogP contribution in [0, 0.1) is 0 Å². The molecule has 0 spiro atoms. The van der Waals surface area contributed by atoms with Gasteiger partial charge in [-0.15, -0.1) is 18.2 Å². The summed E-state index contributed by atoms with van der Waals surface area (Å²) in [5.41, 5.74) is 0. The zero-order valence-electron chi connectivity index (χ0n) is 6.11. The van der Waals surface area contributed by atoms with E-state index in [0.717, 1.165) is 19.3 Å². The van der Waals surface area contributed by atoms with Gasteiger partial charge in [0, 0.05) is 6.42 Å². The van der Waals surface area contributed by atoms with Gasteiger partial charge in [0.2, 0.25) is 0 Å². The van der Waals surface area contributed by atoms with Crippen LogP contribution < -0.4 is 0 Å². The summed E-state index contributed by atoms with van der Waals surface area (Å²) in [5.74, 6) is 0.305. The van der Waals surface area contributed by atoms with E-state index in [1.165, 1.54) is 0 Å². The Morgan fingerprint density at radius 3 is 2.70 bits per heavy atom. The van der Waals surface area contributed by atoms with Gasteiger partial charge in [-0.05, 0) is 19.3 Å². The predicted molar refractivity (Wildman–Crippen MR) is 44.4 cm³/mol. The summed E-state index contributed by atoms with van der Waals surface area (Å²) in [7, 11) is 0. The first-order valence-corrected chi connectivity index (χ1v) is 4.03. The van der Waals surface area contributed by atoms with Gasteiger partial charge in [0.1, 0.15) is 5.78 Å². The van der Waals surface area contributed by atoms with E-state index < -0.39 is 0 Å². The molecule has 0 N–H and O–H groups in total. The molecule has 0 rings (SSSR count). The SMILES string of the molecule is C=CCCCCC(=O)CCl. The molecule has 58 valence electrons. The van der Waals surface area contributed by atoms with E-state index >= 15 is 0 Å². The Morgan fingerprint density at radius 1 is 1.50 bits per heavy atom. The second-order valence-corrected chi connectivity index (χ2v) is 2.47. The molecule has 0 aromatic rings. The summed E-state index contributed by atoms with van der Waals surface area (Å²) in [5, 5.41) is 0. The summed E-state index contributed by atoms with van der Waals surface area (Å²) in [6, 6.07) is 0. The average Bonchev–Trinajstić information content (AvgIpc) is 1.98. The molecule has 0 saturated carbocycles. The Labute approximate surface area is 67.1 Å². The molecule has 0 saturated heterocycles. The molecule has 0 radical (unpaired) electrons. The summed E-state index contributed by atoms with van der Waals surface area (Å²) in [4.78, 5) is 10.6. The molecule has 0 atom stereocenters. The molecule has 0 aliphatic rings. The molecule has 2 heteroatoms. The number of Topliss-reactive ketones (excluding diaryl/α,β-unsaturated/α-hetero) is 1. The Hall–Kier alpha value is -0.300. The molecule has 0 amide bonds. The van der Waals surface area contributed by atoms with Gasteiger partial charge in [0.25, 0.3) is 0 Å². The van der Waals surface area contributed by atoms with Crippen LogP contribution in [-0.2, 0) is 4.79 Å². The quantitative estimate of drug-likeness (QED) is 0.332. The lowest BCUT2D eigenvalue weighted by molar-refractivity contribution is -0.116. The van der Waals surface area contributed by atoms with E-state index in [1.54, 1.807) is 0 Å². The molecule has 0 heterocycles. The fourth-order valence-electron chi connectivity index (χ4n) is 0.678. The van der Waals surface area contributed by atoms with Crippen LogP contribution in [0.2, 0.25) is 0 Å². The Kier molecular flexibility index (Phi) is 6.61. The van der Waals surface area contributed by atoms with Crippen LogP contribution in [0.4, 0.5) is 0 Å². The summed E-state index contributed by atoms with van der Waals surface area (Å²) < 4.78 is 0. The molecule has 0 aromatic carbocycles. The highest BCUT2D eigenvalue weighted by Gasteiger charge is 1.96. The average molecular weight is 161 g/mol. The standard InChI is InChI=1S/C8H13ClO/c1-2-3-4-5-6-8(10)7-9/h2H,1,3-7H2. The molecule has 0 aromatic heterocycles. The molecule has 0 bridgehead atoms. The van der Waals surface area contributed by atoms with Crippen molar-refractivity contribution in [1.29, 1.82) is 0 Å². The first-order chi connectivity index (χ1) is 4.81. The maximum atomic E-state index is 10.6. The maximum absolute atomic E-state index is 10.6. The number of halogens is 1. The predicted octanol–water partition coefficient (Wildman–Crippen LogP) is 2.54. The molecule has 0 aliphatic heterocycles. The van der Waals surface area contributed by atoms with E-state index in [1.807, 2.05) is 6.08 Å². The smallest absolute Gasteiger partial charge is 0.147 e. The number of hydrogen-bond acceptors (Lipinski definition) is 1. The Morgan fingerprint density at radius 2 is 2.20 bits per heavy atom. The minimum absolute atomic E-state index is 0.144. The van der Waals surface area contributed by atoms with Gasteiger partial charge in [-0.1, -0.05) is 6.08 Å². The number of carbonyl (C=O) groups is 1. The number of ketones is 1. The van der Waals surface area contributed by atoms with Crippen molar-refractivity contribution in [1.82, 2.24) is 0 Å². The molecular weight excluding hydrogens is 148 g/mol. The van der Waals surface area contributed by atoms with Gasteiger partial charge in [-0.3, -0.25) is 4.79 Å². The van der Waals surface area contributed by atoms with Crippen molar-refractivity contribution in [3.63, 3.8) is 0 Å². The first kappa shape index (κ1) is 9.70. The normalized spacial score (nSPS) is 9.30. The fourth-order valence-corrected chi connectivity index (χ4v) is 0.811. The highest BCUT2D eigenvalue weighted by molar-refractivity contribution is 6.27. The van der Waals surface area contributed by atoms with Crippen LogP contribution in [0.5, 0.6) is 0 Å². The zero-order valence-corrected chi connectivity index (χ0v) is 6.86. The van der Waals surface area contributed by atoms with Gasteiger partial charge >= 0.3 is 0 Å². The van der Waals surface area contributed by atoms with Crippen LogP contribution in [0.15, 0.2) is 12.7 Å². The van der Waals surface area contributed by atoms with Gasteiger partial charge in [-0.25, -0.2) is 0 Å². The number of unbranched alkanes of at least 4 members (excludes halogenated alkanes) is 2. The van der Waals surface area contributed by atoms with Crippen molar-refractivity contribution in [2.45, 2.75) is 25.7 Å². The Bertz CT molecular complexity index is 110. The highest BCUT2D eigenvalue weighted by Crippen LogP contribution is 2.01. The van der Waals surface area contributed by atoms with Gasteiger partial charge < -0.3 is 0 Å². The lowest BCUT2D eigenvalue weighted by Crippen LogP contribution is -1.97. The zero-order chi connectivity index (χ0) is 7.82. The van der Waals surface area contributed by atoms with Crippen molar-refractivity contribution >= 4 is 17.4 Å². The highest BCUT2D eigenvalue weighted by atomic mass is 35.5. The van der Waals surface area contributed by atoms with Crippen LogP contribution in [-0.4, -0.2) is 11.7 Å². The number of hydrogen-bond donors (Lipinski definition) is 0. The first-order valence-electron chi connectivity index (χ1n) is 3.49. The van der Waals surface area contributed by atoms with Crippen molar-refractivity contribution < 1.29 is 4.79 Å². The third-order valence-electron chi connectivity index (χ3n) is 1.26. The molecule has 0 fully saturated rings. The number of carbonyl (C=O) groups excluding carboxylic acids is 1. The molecule has 10 heavy (non-hydrogen) atoms.